The summed E-state index contributed by atoms with van der Waals surface area (Å²) in [6.45, 7) is 0.408. The second-order valence-corrected chi connectivity index (χ2v) is 8.93. The zero-order valence-corrected chi connectivity index (χ0v) is 16.2. The maximum atomic E-state index is 11.7. The lowest BCUT2D eigenvalue weighted by molar-refractivity contribution is -0.143. The summed E-state index contributed by atoms with van der Waals surface area (Å²) in [7, 11) is 3.90. The predicted octanol–water partition coefficient (Wildman–Crippen LogP) is 3.01. The van der Waals surface area contributed by atoms with Crippen molar-refractivity contribution in [1.82, 2.24) is 5.32 Å². The van der Waals surface area contributed by atoms with Crippen molar-refractivity contribution in [2.45, 2.75) is 43.8 Å². The number of hydrogen-bond donors (Lipinski definition) is 3. The molecule has 0 spiro atoms. The van der Waals surface area contributed by atoms with E-state index in [1.54, 1.807) is 6.07 Å². The van der Waals surface area contributed by atoms with Crippen LogP contribution in [0.5, 0.6) is 11.5 Å². The van der Waals surface area contributed by atoms with E-state index in [1.165, 1.54) is 30.7 Å². The number of amides is 1. The lowest BCUT2D eigenvalue weighted by atomic mass is 10.1. The molecule has 1 unspecified atom stereocenters. The smallest absolute Gasteiger partial charge is 0.310 e. The minimum Gasteiger partial charge on any atom is -0.504 e. The molecular formula is C18H25NO5S2. The van der Waals surface area contributed by atoms with Gasteiger partial charge >= 0.3 is 5.97 Å². The van der Waals surface area contributed by atoms with Crippen LogP contribution in [-0.2, 0) is 20.7 Å². The zero-order chi connectivity index (χ0) is 18.8. The summed E-state index contributed by atoms with van der Waals surface area (Å²) >= 11 is 0. The van der Waals surface area contributed by atoms with Gasteiger partial charge in [-0.2, -0.15) is 0 Å². The number of carbonyl (C=O) groups is 2. The van der Waals surface area contributed by atoms with Gasteiger partial charge in [-0.05, 0) is 37.0 Å². The van der Waals surface area contributed by atoms with E-state index in [1.807, 2.05) is 21.6 Å². The van der Waals surface area contributed by atoms with Gasteiger partial charge in [0.05, 0.1) is 13.0 Å². The molecule has 1 heterocycles. The van der Waals surface area contributed by atoms with E-state index in [0.717, 1.165) is 18.1 Å². The summed E-state index contributed by atoms with van der Waals surface area (Å²) in [6, 6.07) is 4.18. The Bertz CT molecular complexity index is 605. The average molecular weight is 400 g/mol. The van der Waals surface area contributed by atoms with Crippen LogP contribution in [0.1, 0.15) is 37.7 Å². The van der Waals surface area contributed by atoms with Crippen molar-refractivity contribution >= 4 is 33.5 Å². The maximum Gasteiger partial charge on any atom is 0.310 e. The number of nitrogens with one attached hydrogen (secondary N) is 1. The van der Waals surface area contributed by atoms with Crippen molar-refractivity contribution in [2.75, 3.05) is 18.9 Å². The van der Waals surface area contributed by atoms with Crippen molar-refractivity contribution in [1.29, 1.82) is 0 Å². The number of hydrogen-bond acceptors (Lipinski definition) is 7. The molecule has 3 N–H and O–H groups in total. The number of ether oxygens (including phenoxy) is 1. The Morgan fingerprint density at radius 3 is 2.81 bits per heavy atom. The average Bonchev–Trinajstić information content (AvgIpc) is 3.12. The van der Waals surface area contributed by atoms with Gasteiger partial charge in [0.15, 0.2) is 11.5 Å². The number of rotatable bonds is 10. The molecule has 1 aromatic carbocycles. The number of phenolic OH excluding ortho intramolecular Hbond substituents is 2. The van der Waals surface area contributed by atoms with Crippen LogP contribution in [0.25, 0.3) is 0 Å². The van der Waals surface area contributed by atoms with Crippen LogP contribution in [0.4, 0.5) is 0 Å². The van der Waals surface area contributed by atoms with Crippen LogP contribution in [0.15, 0.2) is 18.2 Å². The van der Waals surface area contributed by atoms with Gasteiger partial charge in [0.1, 0.15) is 6.61 Å². The quantitative estimate of drug-likeness (QED) is 0.241. The number of phenols is 2. The molecule has 2 rings (SSSR count). The number of benzene rings is 1. The first kappa shape index (κ1) is 20.8. The number of esters is 1. The molecular weight excluding hydrogens is 374 g/mol. The molecule has 8 heteroatoms. The molecule has 0 aliphatic carbocycles. The first-order valence-corrected chi connectivity index (χ1v) is 11.1. The molecule has 0 aromatic heterocycles. The Morgan fingerprint density at radius 2 is 2.08 bits per heavy atom. The molecule has 1 saturated heterocycles. The fourth-order valence-electron chi connectivity index (χ4n) is 2.56. The first-order valence-electron chi connectivity index (χ1n) is 8.76. The molecule has 1 aliphatic heterocycles. The maximum absolute atomic E-state index is 11.7. The van der Waals surface area contributed by atoms with Crippen molar-refractivity contribution in [2.24, 2.45) is 0 Å². The Labute approximate surface area is 161 Å². The molecule has 0 radical (unpaired) electrons. The first-order chi connectivity index (χ1) is 12.5. The third-order valence-corrected chi connectivity index (χ3v) is 6.99. The van der Waals surface area contributed by atoms with Crippen molar-refractivity contribution in [3.05, 3.63) is 23.8 Å². The highest BCUT2D eigenvalue weighted by Gasteiger charge is 2.15. The normalized spacial score (nSPS) is 16.4. The largest absolute Gasteiger partial charge is 0.504 e. The Balaban J connectivity index is 1.50. The SMILES string of the molecule is O=C(CCCCC1CCSS1)NCCOC(=O)Cc1ccc(O)c(O)c1. The molecule has 0 bridgehead atoms. The summed E-state index contributed by atoms with van der Waals surface area (Å²) < 4.78 is 5.06. The van der Waals surface area contributed by atoms with Crippen LogP contribution in [0, 0.1) is 0 Å². The number of aromatic hydroxyl groups is 2. The Kier molecular flexibility index (Phi) is 8.97. The van der Waals surface area contributed by atoms with Crippen LogP contribution >= 0.6 is 21.6 Å². The van der Waals surface area contributed by atoms with Gasteiger partial charge in [0.2, 0.25) is 5.91 Å². The fraction of sp³-hybridized carbons (Fsp3) is 0.556. The van der Waals surface area contributed by atoms with Gasteiger partial charge in [-0.15, -0.1) is 0 Å². The van der Waals surface area contributed by atoms with Gasteiger partial charge in [-0.25, -0.2) is 0 Å². The standard InChI is InChI=1S/C18H25NO5S2/c20-15-6-5-13(11-16(15)21)12-18(23)24-9-8-19-17(22)4-2-1-3-14-7-10-25-26-14/h5-6,11,14,20-21H,1-4,7-10,12H2,(H,19,22). The van der Waals surface area contributed by atoms with Crippen molar-refractivity contribution in [3.63, 3.8) is 0 Å². The molecule has 1 fully saturated rings. The highest BCUT2D eigenvalue weighted by molar-refractivity contribution is 8.77. The van der Waals surface area contributed by atoms with Crippen molar-refractivity contribution in [3.8, 4) is 11.5 Å². The topological polar surface area (TPSA) is 95.9 Å². The van der Waals surface area contributed by atoms with E-state index in [0.29, 0.717) is 18.5 Å². The van der Waals surface area contributed by atoms with E-state index in [4.69, 9.17) is 4.74 Å². The van der Waals surface area contributed by atoms with E-state index < -0.39 is 5.97 Å². The van der Waals surface area contributed by atoms with E-state index in [9.17, 15) is 19.8 Å². The number of carbonyl (C=O) groups excluding carboxylic acids is 2. The van der Waals surface area contributed by atoms with E-state index in [2.05, 4.69) is 5.32 Å². The van der Waals surface area contributed by atoms with Crippen LogP contribution in [-0.4, -0.2) is 46.2 Å². The second-order valence-electron chi connectivity index (χ2n) is 6.14. The van der Waals surface area contributed by atoms with Gasteiger partial charge < -0.3 is 20.3 Å². The third kappa shape index (κ3) is 7.78. The molecule has 26 heavy (non-hydrogen) atoms. The van der Waals surface area contributed by atoms with Gasteiger partial charge in [-0.3, -0.25) is 9.59 Å². The molecule has 1 atom stereocenters. The summed E-state index contributed by atoms with van der Waals surface area (Å²) in [5.74, 6) is 0.274. The van der Waals surface area contributed by atoms with Gasteiger partial charge in [0, 0.05) is 17.4 Å². The molecule has 1 aromatic rings. The molecule has 6 nitrogen and oxygen atoms in total. The Morgan fingerprint density at radius 1 is 1.23 bits per heavy atom. The summed E-state index contributed by atoms with van der Waals surface area (Å²) in [5, 5.41) is 22.1. The minimum absolute atomic E-state index is 0.000743. The van der Waals surface area contributed by atoms with Gasteiger partial charge in [0.25, 0.3) is 0 Å². The third-order valence-electron chi connectivity index (χ3n) is 3.98. The summed E-state index contributed by atoms with van der Waals surface area (Å²) in [6.07, 6.45) is 4.91. The lowest BCUT2D eigenvalue weighted by Gasteiger charge is -2.08. The molecule has 1 amide bonds. The molecule has 144 valence electrons. The van der Waals surface area contributed by atoms with E-state index >= 15 is 0 Å². The van der Waals surface area contributed by atoms with Crippen LogP contribution < -0.4 is 5.32 Å². The summed E-state index contributed by atoms with van der Waals surface area (Å²) in [5.41, 5.74) is 0.549. The van der Waals surface area contributed by atoms with Crippen LogP contribution in [0.3, 0.4) is 0 Å². The minimum atomic E-state index is -0.448. The highest BCUT2D eigenvalue weighted by Crippen LogP contribution is 2.39. The van der Waals surface area contributed by atoms with Crippen molar-refractivity contribution < 1.29 is 24.5 Å². The highest BCUT2D eigenvalue weighted by atomic mass is 33.1. The Hall–Kier alpha value is -1.54. The zero-order valence-electron chi connectivity index (χ0n) is 14.6. The lowest BCUT2D eigenvalue weighted by Crippen LogP contribution is -2.28. The van der Waals surface area contributed by atoms with E-state index in [-0.39, 0.29) is 30.4 Å². The monoisotopic (exact) mass is 399 g/mol. The fourth-order valence-corrected chi connectivity index (χ4v) is 5.59. The number of unbranched alkanes of at least 4 members (excludes halogenated alkanes) is 1. The molecule has 0 saturated carbocycles. The summed E-state index contributed by atoms with van der Waals surface area (Å²) in [4.78, 5) is 23.4. The van der Waals surface area contributed by atoms with Gasteiger partial charge in [-0.1, -0.05) is 34.1 Å². The predicted molar refractivity (Wildman–Crippen MR) is 104 cm³/mol. The van der Waals surface area contributed by atoms with Crippen LogP contribution in [0.2, 0.25) is 0 Å². The second kappa shape index (κ2) is 11.2. The molecule has 1 aliphatic rings.